The van der Waals surface area contributed by atoms with Crippen LogP contribution in [0.25, 0.3) is 0 Å². The van der Waals surface area contributed by atoms with Crippen LogP contribution in [0.2, 0.25) is 0 Å². The summed E-state index contributed by atoms with van der Waals surface area (Å²) in [4.78, 5) is 29.0. The third-order valence-electron chi connectivity index (χ3n) is 5.76. The van der Waals surface area contributed by atoms with Gasteiger partial charge in [-0.2, -0.15) is 0 Å². The lowest BCUT2D eigenvalue weighted by Gasteiger charge is -2.32. The van der Waals surface area contributed by atoms with Crippen LogP contribution in [-0.2, 0) is 11.2 Å². The van der Waals surface area contributed by atoms with Crippen LogP contribution in [0.15, 0.2) is 30.3 Å². The SMILES string of the molecule is CCN1CCC(NC(=O)N2CCC(C(=O)NCCc3ccccc3)CC2)C1. The van der Waals surface area contributed by atoms with Crippen LogP contribution in [0, 0.1) is 5.92 Å². The van der Waals surface area contributed by atoms with E-state index in [4.69, 9.17) is 0 Å². The zero-order chi connectivity index (χ0) is 19.1. The highest BCUT2D eigenvalue weighted by Crippen LogP contribution is 2.18. The van der Waals surface area contributed by atoms with Gasteiger partial charge in [0.1, 0.15) is 0 Å². The Kier molecular flexibility index (Phi) is 7.10. The van der Waals surface area contributed by atoms with Gasteiger partial charge >= 0.3 is 6.03 Å². The molecule has 27 heavy (non-hydrogen) atoms. The van der Waals surface area contributed by atoms with Gasteiger partial charge in [-0.1, -0.05) is 37.3 Å². The van der Waals surface area contributed by atoms with Gasteiger partial charge in [-0.05, 0) is 37.8 Å². The van der Waals surface area contributed by atoms with Crippen molar-refractivity contribution >= 4 is 11.9 Å². The van der Waals surface area contributed by atoms with Crippen molar-refractivity contribution in [2.45, 2.75) is 38.6 Å². The van der Waals surface area contributed by atoms with E-state index in [2.05, 4.69) is 34.6 Å². The topological polar surface area (TPSA) is 64.7 Å². The van der Waals surface area contributed by atoms with Crippen molar-refractivity contribution in [3.8, 4) is 0 Å². The quantitative estimate of drug-likeness (QED) is 0.801. The van der Waals surface area contributed by atoms with Gasteiger partial charge in [0, 0.05) is 44.7 Å². The Morgan fingerprint density at radius 2 is 1.81 bits per heavy atom. The molecule has 2 saturated heterocycles. The second-order valence-corrected chi connectivity index (χ2v) is 7.62. The molecule has 3 amide bonds. The first-order chi connectivity index (χ1) is 13.2. The van der Waals surface area contributed by atoms with E-state index < -0.39 is 0 Å². The Morgan fingerprint density at radius 3 is 2.48 bits per heavy atom. The van der Waals surface area contributed by atoms with Gasteiger partial charge in [-0.15, -0.1) is 0 Å². The second-order valence-electron chi connectivity index (χ2n) is 7.62. The molecule has 2 N–H and O–H groups in total. The van der Waals surface area contributed by atoms with Gasteiger partial charge in [-0.3, -0.25) is 4.79 Å². The molecule has 0 aromatic heterocycles. The standard InChI is InChI=1S/C21H32N4O2/c1-2-24-13-11-19(16-24)23-21(27)25-14-9-18(10-15-25)20(26)22-12-8-17-6-4-3-5-7-17/h3-7,18-19H,2,8-16H2,1H3,(H,22,26)(H,23,27). The van der Waals surface area contributed by atoms with E-state index >= 15 is 0 Å². The molecule has 2 aliphatic rings. The molecule has 0 spiro atoms. The summed E-state index contributed by atoms with van der Waals surface area (Å²) in [6.07, 6.45) is 3.37. The number of nitrogens with one attached hydrogen (secondary N) is 2. The average Bonchev–Trinajstić information content (AvgIpc) is 3.16. The van der Waals surface area contributed by atoms with E-state index in [1.165, 1.54) is 5.56 Å². The predicted molar refractivity (Wildman–Crippen MR) is 107 cm³/mol. The van der Waals surface area contributed by atoms with Gasteiger partial charge in [0.05, 0.1) is 0 Å². The molecular weight excluding hydrogens is 340 g/mol. The summed E-state index contributed by atoms with van der Waals surface area (Å²) in [5.41, 5.74) is 1.23. The highest BCUT2D eigenvalue weighted by molar-refractivity contribution is 5.79. The molecule has 1 unspecified atom stereocenters. The van der Waals surface area contributed by atoms with Gasteiger partial charge in [0.15, 0.2) is 0 Å². The molecule has 0 radical (unpaired) electrons. The highest BCUT2D eigenvalue weighted by Gasteiger charge is 2.29. The number of benzene rings is 1. The first-order valence-electron chi connectivity index (χ1n) is 10.2. The number of likely N-dealkylation sites (N-methyl/N-ethyl adjacent to an activating group) is 1. The Labute approximate surface area is 162 Å². The van der Waals surface area contributed by atoms with Gasteiger partial charge in [-0.25, -0.2) is 4.79 Å². The summed E-state index contributed by atoms with van der Waals surface area (Å²) in [5.74, 6) is 0.146. The van der Waals surface area contributed by atoms with Crippen LogP contribution >= 0.6 is 0 Å². The second kappa shape index (κ2) is 9.74. The molecule has 3 rings (SSSR count). The number of likely N-dealkylation sites (tertiary alicyclic amines) is 2. The summed E-state index contributed by atoms with van der Waals surface area (Å²) < 4.78 is 0. The number of carbonyl (C=O) groups excluding carboxylic acids is 2. The van der Waals surface area contributed by atoms with Crippen LogP contribution in [-0.4, -0.2) is 67.0 Å². The van der Waals surface area contributed by atoms with Crippen molar-refractivity contribution in [3.05, 3.63) is 35.9 Å². The minimum absolute atomic E-state index is 0.0203. The zero-order valence-electron chi connectivity index (χ0n) is 16.3. The molecule has 2 fully saturated rings. The van der Waals surface area contributed by atoms with Gasteiger partial charge in [0.2, 0.25) is 5.91 Å². The molecule has 2 heterocycles. The lowest BCUT2D eigenvalue weighted by atomic mass is 9.96. The maximum absolute atomic E-state index is 12.5. The van der Waals surface area contributed by atoms with Crippen molar-refractivity contribution in [3.63, 3.8) is 0 Å². The lowest BCUT2D eigenvalue weighted by molar-refractivity contribution is -0.126. The third-order valence-corrected chi connectivity index (χ3v) is 5.76. The summed E-state index contributed by atoms with van der Waals surface area (Å²) >= 11 is 0. The minimum Gasteiger partial charge on any atom is -0.356 e. The minimum atomic E-state index is 0.0203. The maximum atomic E-state index is 12.5. The number of carbonyl (C=O) groups is 2. The summed E-state index contributed by atoms with van der Waals surface area (Å²) in [6.45, 7) is 7.19. The van der Waals surface area contributed by atoms with E-state index in [0.29, 0.717) is 19.6 Å². The van der Waals surface area contributed by atoms with Crippen LogP contribution in [0.5, 0.6) is 0 Å². The van der Waals surface area contributed by atoms with Crippen LogP contribution in [0.4, 0.5) is 4.79 Å². The van der Waals surface area contributed by atoms with E-state index in [1.54, 1.807) is 0 Å². The third kappa shape index (κ3) is 5.70. The Hall–Kier alpha value is -2.08. The molecule has 6 heteroatoms. The fourth-order valence-electron chi connectivity index (χ4n) is 3.97. The van der Waals surface area contributed by atoms with E-state index in [0.717, 1.165) is 45.3 Å². The maximum Gasteiger partial charge on any atom is 0.317 e. The summed E-state index contributed by atoms with van der Waals surface area (Å²) in [6, 6.07) is 10.5. The molecular formula is C21H32N4O2. The summed E-state index contributed by atoms with van der Waals surface area (Å²) in [7, 11) is 0. The van der Waals surface area contributed by atoms with E-state index in [1.807, 2.05) is 23.1 Å². The number of piperidine rings is 1. The van der Waals surface area contributed by atoms with Crippen LogP contribution < -0.4 is 10.6 Å². The Morgan fingerprint density at radius 1 is 1.07 bits per heavy atom. The highest BCUT2D eigenvalue weighted by atomic mass is 16.2. The molecule has 2 aliphatic heterocycles. The molecule has 6 nitrogen and oxygen atoms in total. The molecule has 0 bridgehead atoms. The Bertz CT molecular complexity index is 614. The van der Waals surface area contributed by atoms with Crippen molar-refractivity contribution in [2.24, 2.45) is 5.92 Å². The first-order valence-corrected chi connectivity index (χ1v) is 10.2. The number of hydrogen-bond donors (Lipinski definition) is 2. The molecule has 1 aromatic carbocycles. The largest absolute Gasteiger partial charge is 0.356 e. The van der Waals surface area contributed by atoms with E-state index in [-0.39, 0.29) is 23.9 Å². The van der Waals surface area contributed by atoms with Crippen molar-refractivity contribution in [1.29, 1.82) is 0 Å². The molecule has 1 atom stereocenters. The van der Waals surface area contributed by atoms with Crippen LogP contribution in [0.3, 0.4) is 0 Å². The number of rotatable bonds is 6. The number of nitrogens with zero attached hydrogens (tertiary/aromatic N) is 2. The lowest BCUT2D eigenvalue weighted by Crippen LogP contribution is -2.50. The van der Waals surface area contributed by atoms with Crippen molar-refractivity contribution < 1.29 is 9.59 Å². The fourth-order valence-corrected chi connectivity index (χ4v) is 3.97. The van der Waals surface area contributed by atoms with Gasteiger partial charge < -0.3 is 20.4 Å². The number of urea groups is 1. The monoisotopic (exact) mass is 372 g/mol. The van der Waals surface area contributed by atoms with Crippen molar-refractivity contribution in [2.75, 3.05) is 39.3 Å². The molecule has 1 aromatic rings. The summed E-state index contributed by atoms with van der Waals surface area (Å²) in [5, 5.41) is 6.21. The average molecular weight is 373 g/mol. The van der Waals surface area contributed by atoms with Crippen LogP contribution in [0.1, 0.15) is 31.7 Å². The normalized spacial score (nSPS) is 21.2. The van der Waals surface area contributed by atoms with Gasteiger partial charge in [0.25, 0.3) is 0 Å². The predicted octanol–water partition coefficient (Wildman–Crippen LogP) is 1.86. The molecule has 0 saturated carbocycles. The Balaban J connectivity index is 1.34. The smallest absolute Gasteiger partial charge is 0.317 e. The molecule has 0 aliphatic carbocycles. The number of amides is 3. The number of hydrogen-bond acceptors (Lipinski definition) is 3. The molecule has 148 valence electrons. The zero-order valence-corrected chi connectivity index (χ0v) is 16.3. The van der Waals surface area contributed by atoms with E-state index in [9.17, 15) is 9.59 Å². The first kappa shape index (κ1) is 19.7. The van der Waals surface area contributed by atoms with Crippen molar-refractivity contribution in [1.82, 2.24) is 20.4 Å². The fraction of sp³-hybridized carbons (Fsp3) is 0.619.